The van der Waals surface area contributed by atoms with Crippen molar-refractivity contribution in [1.29, 1.82) is 0 Å². The number of esters is 1. The van der Waals surface area contributed by atoms with Crippen LogP contribution in [0.25, 0.3) is 5.69 Å². The van der Waals surface area contributed by atoms with Crippen molar-refractivity contribution >= 4 is 28.9 Å². The highest BCUT2D eigenvalue weighted by Crippen LogP contribution is 2.22. The van der Waals surface area contributed by atoms with Crippen LogP contribution < -0.4 is 4.90 Å². The van der Waals surface area contributed by atoms with Gasteiger partial charge in [-0.15, -0.1) is 11.3 Å². The lowest BCUT2D eigenvalue weighted by Crippen LogP contribution is -2.34. The van der Waals surface area contributed by atoms with E-state index in [4.69, 9.17) is 4.74 Å². The molecule has 0 aliphatic rings. The van der Waals surface area contributed by atoms with Gasteiger partial charge in [-0.3, -0.25) is 4.79 Å². The molecule has 1 amide bonds. The Morgan fingerprint density at radius 1 is 1.08 bits per heavy atom. The van der Waals surface area contributed by atoms with Crippen LogP contribution in [-0.2, 0) is 9.53 Å². The summed E-state index contributed by atoms with van der Waals surface area (Å²) in [7, 11) is 0. The van der Waals surface area contributed by atoms with Crippen molar-refractivity contribution in [1.82, 2.24) is 4.57 Å². The number of carbonyl (C=O) groups excluding carboxylic acids is 2. The Morgan fingerprint density at radius 2 is 1.80 bits per heavy atom. The van der Waals surface area contributed by atoms with Crippen LogP contribution >= 0.6 is 11.3 Å². The smallest absolute Gasteiger partial charge is 0.350 e. The molecular formula is C19H18N2O3S. The first-order valence-corrected chi connectivity index (χ1v) is 8.82. The first-order chi connectivity index (χ1) is 12.2. The number of amides is 1. The normalized spacial score (nSPS) is 10.4. The fourth-order valence-electron chi connectivity index (χ4n) is 2.54. The molecule has 128 valence electrons. The number of ether oxygens (including phenoxy) is 1. The molecule has 1 aromatic carbocycles. The zero-order valence-corrected chi connectivity index (χ0v) is 14.6. The molecule has 5 nitrogen and oxygen atoms in total. The number of carbonyl (C=O) groups is 2. The number of aromatic nitrogens is 1. The SMILES string of the molecule is CCN(C(=O)COC(=O)c1sccc1-n1cccc1)c1ccccc1. The summed E-state index contributed by atoms with van der Waals surface area (Å²) in [5.74, 6) is -0.739. The molecule has 0 unspecified atom stereocenters. The van der Waals surface area contributed by atoms with Crippen molar-refractivity contribution in [2.45, 2.75) is 6.92 Å². The predicted molar refractivity (Wildman–Crippen MR) is 98.4 cm³/mol. The Morgan fingerprint density at radius 3 is 2.48 bits per heavy atom. The molecule has 25 heavy (non-hydrogen) atoms. The van der Waals surface area contributed by atoms with Crippen LogP contribution in [0.3, 0.4) is 0 Å². The van der Waals surface area contributed by atoms with E-state index in [1.807, 2.05) is 77.8 Å². The molecule has 3 rings (SSSR count). The Hall–Kier alpha value is -2.86. The summed E-state index contributed by atoms with van der Waals surface area (Å²) in [6.45, 7) is 2.11. The predicted octanol–water partition coefficient (Wildman–Crippen LogP) is 3.75. The summed E-state index contributed by atoms with van der Waals surface area (Å²) in [6, 6.07) is 15.0. The summed E-state index contributed by atoms with van der Waals surface area (Å²) < 4.78 is 7.10. The molecule has 0 bridgehead atoms. The molecule has 0 aliphatic heterocycles. The number of rotatable bonds is 6. The number of thiophene rings is 1. The average Bonchev–Trinajstić information content (AvgIpc) is 3.32. The van der Waals surface area contributed by atoms with E-state index >= 15 is 0 Å². The molecule has 0 saturated carbocycles. The Labute approximate surface area is 150 Å². The highest BCUT2D eigenvalue weighted by Gasteiger charge is 2.19. The summed E-state index contributed by atoms with van der Waals surface area (Å²) in [5.41, 5.74) is 1.54. The lowest BCUT2D eigenvalue weighted by atomic mass is 10.3. The van der Waals surface area contributed by atoms with Crippen LogP contribution in [0.15, 0.2) is 66.3 Å². The van der Waals surface area contributed by atoms with Gasteiger partial charge < -0.3 is 14.2 Å². The van der Waals surface area contributed by atoms with Gasteiger partial charge in [0.25, 0.3) is 5.91 Å². The van der Waals surface area contributed by atoms with Crippen molar-refractivity contribution < 1.29 is 14.3 Å². The van der Waals surface area contributed by atoms with Crippen molar-refractivity contribution in [2.75, 3.05) is 18.1 Å². The van der Waals surface area contributed by atoms with E-state index in [-0.39, 0.29) is 12.5 Å². The van der Waals surface area contributed by atoms with E-state index in [0.29, 0.717) is 11.4 Å². The molecular weight excluding hydrogens is 336 g/mol. The summed E-state index contributed by atoms with van der Waals surface area (Å²) in [5, 5.41) is 1.83. The Bertz CT molecular complexity index is 841. The minimum absolute atomic E-state index is 0.249. The third-order valence-corrected chi connectivity index (χ3v) is 4.61. The maximum absolute atomic E-state index is 12.4. The molecule has 0 aliphatic carbocycles. The zero-order valence-electron chi connectivity index (χ0n) is 13.8. The second-order valence-corrected chi connectivity index (χ2v) is 6.19. The van der Waals surface area contributed by atoms with Gasteiger partial charge in [-0.25, -0.2) is 4.79 Å². The van der Waals surface area contributed by atoms with Gasteiger partial charge in [0.15, 0.2) is 6.61 Å². The van der Waals surface area contributed by atoms with Crippen molar-refractivity contribution in [3.05, 3.63) is 71.2 Å². The number of hydrogen-bond acceptors (Lipinski definition) is 4. The minimum atomic E-state index is -0.490. The summed E-state index contributed by atoms with van der Waals surface area (Å²) >= 11 is 1.30. The molecule has 0 saturated heterocycles. The summed E-state index contributed by atoms with van der Waals surface area (Å²) in [6.07, 6.45) is 3.72. The average molecular weight is 354 g/mol. The van der Waals surface area contributed by atoms with Crippen LogP contribution in [0.4, 0.5) is 5.69 Å². The topological polar surface area (TPSA) is 51.5 Å². The van der Waals surface area contributed by atoms with E-state index in [2.05, 4.69) is 0 Å². The largest absolute Gasteiger partial charge is 0.451 e. The standard InChI is InChI=1S/C19H18N2O3S/c1-2-21(15-8-4-3-5-9-15)17(22)14-24-19(23)18-16(10-13-25-18)20-11-6-7-12-20/h3-13H,2,14H2,1H3. The maximum atomic E-state index is 12.4. The summed E-state index contributed by atoms with van der Waals surface area (Å²) in [4.78, 5) is 26.9. The van der Waals surface area contributed by atoms with E-state index in [1.165, 1.54) is 11.3 Å². The molecule has 3 aromatic rings. The quantitative estimate of drug-likeness (QED) is 0.634. The van der Waals surface area contributed by atoms with Crippen molar-refractivity contribution in [3.63, 3.8) is 0 Å². The molecule has 0 fully saturated rings. The van der Waals surface area contributed by atoms with Crippen LogP contribution in [-0.4, -0.2) is 29.6 Å². The van der Waals surface area contributed by atoms with E-state index in [0.717, 1.165) is 11.4 Å². The molecule has 0 spiro atoms. The minimum Gasteiger partial charge on any atom is -0.451 e. The van der Waals surface area contributed by atoms with Gasteiger partial charge in [0, 0.05) is 24.6 Å². The van der Waals surface area contributed by atoms with Gasteiger partial charge in [0.05, 0.1) is 5.69 Å². The first kappa shape index (κ1) is 17.0. The fourth-order valence-corrected chi connectivity index (χ4v) is 3.32. The Kier molecular flexibility index (Phi) is 5.30. The maximum Gasteiger partial charge on any atom is 0.350 e. The Balaban J connectivity index is 1.67. The van der Waals surface area contributed by atoms with Gasteiger partial charge in [-0.1, -0.05) is 18.2 Å². The van der Waals surface area contributed by atoms with Crippen molar-refractivity contribution in [3.8, 4) is 5.69 Å². The number of benzene rings is 1. The van der Waals surface area contributed by atoms with E-state index < -0.39 is 5.97 Å². The van der Waals surface area contributed by atoms with Crippen molar-refractivity contribution in [2.24, 2.45) is 0 Å². The monoisotopic (exact) mass is 354 g/mol. The lowest BCUT2D eigenvalue weighted by molar-refractivity contribution is -0.121. The number of nitrogens with zero attached hydrogens (tertiary/aromatic N) is 2. The van der Waals surface area contributed by atoms with E-state index in [1.54, 1.807) is 4.90 Å². The van der Waals surface area contributed by atoms with E-state index in [9.17, 15) is 9.59 Å². The van der Waals surface area contributed by atoms with Gasteiger partial charge in [0.2, 0.25) is 0 Å². The molecule has 2 aromatic heterocycles. The number of likely N-dealkylation sites (N-methyl/N-ethyl adjacent to an activating group) is 1. The lowest BCUT2D eigenvalue weighted by Gasteiger charge is -2.20. The molecule has 2 heterocycles. The number of hydrogen-bond donors (Lipinski definition) is 0. The number of anilines is 1. The number of para-hydroxylation sites is 1. The van der Waals surface area contributed by atoms with Crippen LogP contribution in [0.5, 0.6) is 0 Å². The fraction of sp³-hybridized carbons (Fsp3) is 0.158. The zero-order chi connectivity index (χ0) is 17.6. The molecule has 0 N–H and O–H groups in total. The van der Waals surface area contributed by atoms with Gasteiger partial charge in [0.1, 0.15) is 4.88 Å². The van der Waals surface area contributed by atoms with Gasteiger partial charge in [-0.05, 0) is 42.6 Å². The second kappa shape index (κ2) is 7.81. The first-order valence-electron chi connectivity index (χ1n) is 7.94. The highest BCUT2D eigenvalue weighted by molar-refractivity contribution is 7.12. The molecule has 0 radical (unpaired) electrons. The third kappa shape index (κ3) is 3.80. The second-order valence-electron chi connectivity index (χ2n) is 5.27. The highest BCUT2D eigenvalue weighted by atomic mass is 32.1. The van der Waals surface area contributed by atoms with Gasteiger partial charge >= 0.3 is 5.97 Å². The third-order valence-electron chi connectivity index (χ3n) is 3.72. The van der Waals surface area contributed by atoms with Crippen LogP contribution in [0.2, 0.25) is 0 Å². The van der Waals surface area contributed by atoms with Gasteiger partial charge in [-0.2, -0.15) is 0 Å². The van der Waals surface area contributed by atoms with Crippen LogP contribution in [0, 0.1) is 0 Å². The van der Waals surface area contributed by atoms with Crippen LogP contribution in [0.1, 0.15) is 16.6 Å². The molecule has 6 heteroatoms. The molecule has 0 atom stereocenters.